The van der Waals surface area contributed by atoms with E-state index in [2.05, 4.69) is 5.32 Å². The molecule has 0 aliphatic heterocycles. The Bertz CT molecular complexity index is 1060. The summed E-state index contributed by atoms with van der Waals surface area (Å²) in [5.41, 5.74) is 1.36. The molecule has 0 spiro atoms. The molecule has 0 atom stereocenters. The van der Waals surface area contributed by atoms with Crippen LogP contribution in [-0.2, 0) is 21.4 Å². The molecule has 0 saturated heterocycles. The molecule has 2 aromatic carbocycles. The van der Waals surface area contributed by atoms with Crippen LogP contribution in [0.25, 0.3) is 0 Å². The van der Waals surface area contributed by atoms with Crippen molar-refractivity contribution in [2.45, 2.75) is 25.3 Å². The normalized spacial score (nSPS) is 11.5. The molecule has 0 heterocycles. The SMILES string of the molecule is CCOc1ccc(CN(CC)CC(=O)Nc2ccc(OC)c(S(=O)(=O)N(C)C)c2)cc1OC. The summed E-state index contributed by atoms with van der Waals surface area (Å²) in [6.45, 7) is 5.73. The second-order valence-electron chi connectivity index (χ2n) is 7.42. The summed E-state index contributed by atoms with van der Waals surface area (Å²) in [4.78, 5) is 14.6. The first kappa shape index (κ1) is 26.4. The van der Waals surface area contributed by atoms with Gasteiger partial charge in [0.1, 0.15) is 10.6 Å². The lowest BCUT2D eigenvalue weighted by molar-refractivity contribution is -0.117. The van der Waals surface area contributed by atoms with Crippen LogP contribution in [0.1, 0.15) is 19.4 Å². The number of anilines is 1. The molecule has 0 aliphatic rings. The second kappa shape index (κ2) is 11.9. The van der Waals surface area contributed by atoms with Crippen LogP contribution in [0.5, 0.6) is 17.2 Å². The highest BCUT2D eigenvalue weighted by Crippen LogP contribution is 2.30. The predicted molar refractivity (Wildman–Crippen MR) is 128 cm³/mol. The minimum atomic E-state index is -3.74. The highest BCUT2D eigenvalue weighted by atomic mass is 32.2. The van der Waals surface area contributed by atoms with Crippen molar-refractivity contribution in [3.63, 3.8) is 0 Å². The molecule has 10 heteroatoms. The number of sulfonamides is 1. The van der Waals surface area contributed by atoms with Gasteiger partial charge in [-0.3, -0.25) is 9.69 Å². The largest absolute Gasteiger partial charge is 0.495 e. The Morgan fingerprint density at radius 2 is 1.64 bits per heavy atom. The standard InChI is InChI=1S/C23H33N3O6S/c1-7-26(15-17-9-11-19(32-8-2)21(13-17)31-6)16-23(27)24-18-10-12-20(30-5)22(14-18)33(28,29)25(3)4/h9-14H,7-8,15-16H2,1-6H3,(H,24,27). The summed E-state index contributed by atoms with van der Waals surface area (Å²) >= 11 is 0. The number of carbonyl (C=O) groups excluding carboxylic acids is 1. The lowest BCUT2D eigenvalue weighted by Gasteiger charge is -2.21. The Labute approximate surface area is 196 Å². The first-order valence-electron chi connectivity index (χ1n) is 10.6. The van der Waals surface area contributed by atoms with Crippen molar-refractivity contribution < 1.29 is 27.4 Å². The van der Waals surface area contributed by atoms with E-state index in [0.717, 1.165) is 9.87 Å². The fourth-order valence-electron chi connectivity index (χ4n) is 3.18. The van der Waals surface area contributed by atoms with Gasteiger partial charge in [0.15, 0.2) is 11.5 Å². The van der Waals surface area contributed by atoms with Crippen LogP contribution in [0, 0.1) is 0 Å². The third-order valence-electron chi connectivity index (χ3n) is 4.95. The number of carbonyl (C=O) groups is 1. The van der Waals surface area contributed by atoms with E-state index >= 15 is 0 Å². The van der Waals surface area contributed by atoms with Gasteiger partial charge in [0.05, 0.1) is 27.4 Å². The average Bonchev–Trinajstić information content (AvgIpc) is 2.79. The van der Waals surface area contributed by atoms with Gasteiger partial charge < -0.3 is 19.5 Å². The van der Waals surface area contributed by atoms with Crippen molar-refractivity contribution in [2.75, 3.05) is 53.3 Å². The van der Waals surface area contributed by atoms with E-state index in [1.807, 2.05) is 36.9 Å². The van der Waals surface area contributed by atoms with Crippen molar-refractivity contribution in [3.05, 3.63) is 42.0 Å². The van der Waals surface area contributed by atoms with Gasteiger partial charge >= 0.3 is 0 Å². The number of hydrogen-bond acceptors (Lipinski definition) is 7. The molecule has 0 unspecified atom stereocenters. The summed E-state index contributed by atoms with van der Waals surface area (Å²) < 4.78 is 42.4. The highest BCUT2D eigenvalue weighted by Gasteiger charge is 2.23. The molecule has 9 nitrogen and oxygen atoms in total. The van der Waals surface area contributed by atoms with Gasteiger partial charge in [-0.05, 0) is 49.4 Å². The van der Waals surface area contributed by atoms with Gasteiger partial charge in [-0.2, -0.15) is 0 Å². The Kier molecular flexibility index (Phi) is 9.51. The maximum Gasteiger partial charge on any atom is 0.246 e. The summed E-state index contributed by atoms with van der Waals surface area (Å²) in [6.07, 6.45) is 0. The van der Waals surface area contributed by atoms with E-state index in [1.54, 1.807) is 13.2 Å². The van der Waals surface area contributed by atoms with Gasteiger partial charge in [0.2, 0.25) is 15.9 Å². The van der Waals surface area contributed by atoms with Crippen LogP contribution < -0.4 is 19.5 Å². The molecule has 0 radical (unpaired) electrons. The molecule has 1 amide bonds. The van der Waals surface area contributed by atoms with Gasteiger partial charge in [-0.15, -0.1) is 0 Å². The van der Waals surface area contributed by atoms with E-state index < -0.39 is 10.0 Å². The monoisotopic (exact) mass is 479 g/mol. The number of likely N-dealkylation sites (N-methyl/N-ethyl adjacent to an activating group) is 1. The van der Waals surface area contributed by atoms with Crippen LogP contribution >= 0.6 is 0 Å². The quantitative estimate of drug-likeness (QED) is 0.500. The molecule has 1 N–H and O–H groups in total. The molecule has 0 fully saturated rings. The van der Waals surface area contributed by atoms with Gasteiger partial charge in [-0.1, -0.05) is 13.0 Å². The number of ether oxygens (including phenoxy) is 3. The van der Waals surface area contributed by atoms with E-state index in [4.69, 9.17) is 14.2 Å². The third kappa shape index (κ3) is 6.83. The van der Waals surface area contributed by atoms with E-state index in [9.17, 15) is 13.2 Å². The summed E-state index contributed by atoms with van der Waals surface area (Å²) in [7, 11) is 2.13. The Hall–Kier alpha value is -2.82. The van der Waals surface area contributed by atoms with Gasteiger partial charge in [0.25, 0.3) is 0 Å². The number of nitrogens with one attached hydrogen (secondary N) is 1. The molecular weight excluding hydrogens is 446 g/mol. The first-order valence-corrected chi connectivity index (χ1v) is 12.0. The fourth-order valence-corrected chi connectivity index (χ4v) is 4.25. The van der Waals surface area contributed by atoms with Crippen molar-refractivity contribution in [1.29, 1.82) is 0 Å². The summed E-state index contributed by atoms with van der Waals surface area (Å²) in [5, 5.41) is 2.78. The maximum absolute atomic E-state index is 12.7. The smallest absolute Gasteiger partial charge is 0.246 e. The molecule has 2 aromatic rings. The van der Waals surface area contributed by atoms with Crippen LogP contribution in [0.4, 0.5) is 5.69 Å². The van der Waals surface area contributed by atoms with Gasteiger partial charge in [0, 0.05) is 26.3 Å². The zero-order chi connectivity index (χ0) is 24.6. The summed E-state index contributed by atoms with van der Waals surface area (Å²) in [5.74, 6) is 1.27. The lowest BCUT2D eigenvalue weighted by Crippen LogP contribution is -2.32. The number of benzene rings is 2. The molecular formula is C23H33N3O6S. The molecule has 182 valence electrons. The Morgan fingerprint density at radius 1 is 0.970 bits per heavy atom. The van der Waals surface area contributed by atoms with E-state index in [1.165, 1.54) is 33.3 Å². The van der Waals surface area contributed by atoms with Crippen molar-refractivity contribution in [2.24, 2.45) is 0 Å². The van der Waals surface area contributed by atoms with Crippen molar-refractivity contribution in [3.8, 4) is 17.2 Å². The number of nitrogens with zero attached hydrogens (tertiary/aromatic N) is 2. The minimum Gasteiger partial charge on any atom is -0.495 e. The molecule has 2 rings (SSSR count). The Morgan fingerprint density at radius 3 is 2.21 bits per heavy atom. The first-order chi connectivity index (χ1) is 15.7. The van der Waals surface area contributed by atoms with Crippen LogP contribution in [0.2, 0.25) is 0 Å². The van der Waals surface area contributed by atoms with Gasteiger partial charge in [-0.25, -0.2) is 12.7 Å². The molecule has 0 saturated carbocycles. The minimum absolute atomic E-state index is 0.0124. The van der Waals surface area contributed by atoms with Crippen LogP contribution in [-0.4, -0.2) is 71.5 Å². The number of methoxy groups -OCH3 is 2. The van der Waals surface area contributed by atoms with E-state index in [-0.39, 0.29) is 23.1 Å². The van der Waals surface area contributed by atoms with Crippen LogP contribution in [0.3, 0.4) is 0 Å². The number of hydrogen-bond donors (Lipinski definition) is 1. The average molecular weight is 480 g/mol. The summed E-state index contributed by atoms with van der Waals surface area (Å²) in [6, 6.07) is 10.2. The van der Waals surface area contributed by atoms with Crippen molar-refractivity contribution in [1.82, 2.24) is 9.21 Å². The molecule has 0 bridgehead atoms. The van der Waals surface area contributed by atoms with Crippen LogP contribution in [0.15, 0.2) is 41.3 Å². The number of amides is 1. The number of rotatable bonds is 12. The highest BCUT2D eigenvalue weighted by molar-refractivity contribution is 7.89. The van der Waals surface area contributed by atoms with E-state index in [0.29, 0.717) is 36.9 Å². The zero-order valence-electron chi connectivity index (χ0n) is 20.0. The fraction of sp³-hybridized carbons (Fsp3) is 0.435. The Balaban J connectivity index is 2.13. The molecule has 0 aliphatic carbocycles. The molecule has 33 heavy (non-hydrogen) atoms. The van der Waals surface area contributed by atoms with Crippen molar-refractivity contribution >= 4 is 21.6 Å². The maximum atomic E-state index is 12.7. The topological polar surface area (TPSA) is 97.4 Å². The molecule has 0 aromatic heterocycles. The third-order valence-corrected chi connectivity index (χ3v) is 6.79. The lowest BCUT2D eigenvalue weighted by atomic mass is 10.2. The second-order valence-corrected chi connectivity index (χ2v) is 9.54. The zero-order valence-corrected chi connectivity index (χ0v) is 20.9. The predicted octanol–water partition coefficient (Wildman–Crippen LogP) is 2.81.